The van der Waals surface area contributed by atoms with Gasteiger partial charge in [-0.25, -0.2) is 9.37 Å². The molecule has 1 heterocycles. The molecule has 0 spiro atoms. The van der Waals surface area contributed by atoms with Crippen LogP contribution in [0.25, 0.3) is 0 Å². The van der Waals surface area contributed by atoms with Crippen LogP contribution in [0.15, 0.2) is 41.5 Å². The number of nitrogens with one attached hydrogen (secondary N) is 1. The lowest BCUT2D eigenvalue weighted by Gasteiger charge is -2.15. The first-order valence-electron chi connectivity index (χ1n) is 6.79. The fourth-order valence-electron chi connectivity index (χ4n) is 1.69. The van der Waals surface area contributed by atoms with Crippen LogP contribution in [-0.4, -0.2) is 10.9 Å². The van der Waals surface area contributed by atoms with Gasteiger partial charge in [-0.3, -0.25) is 4.79 Å². The first kappa shape index (κ1) is 17.4. The van der Waals surface area contributed by atoms with E-state index in [1.807, 2.05) is 13.8 Å². The van der Waals surface area contributed by atoms with Crippen molar-refractivity contribution in [2.75, 3.05) is 0 Å². The van der Waals surface area contributed by atoms with E-state index in [9.17, 15) is 9.18 Å². The van der Waals surface area contributed by atoms with Crippen molar-refractivity contribution in [3.8, 4) is 0 Å². The fraction of sp³-hybridized carbons (Fsp3) is 0.375. The van der Waals surface area contributed by atoms with Gasteiger partial charge < -0.3 is 5.32 Å². The number of carbonyl (C=O) groups is 1. The van der Waals surface area contributed by atoms with E-state index in [1.165, 1.54) is 6.08 Å². The van der Waals surface area contributed by atoms with E-state index in [-0.39, 0.29) is 29.1 Å². The molecule has 0 aromatic carbocycles. The predicted molar refractivity (Wildman–Crippen MR) is 83.5 cm³/mol. The molecule has 0 aliphatic heterocycles. The molecular weight excluding hydrogens is 291 g/mol. The molecule has 0 radical (unpaired) electrons. The van der Waals surface area contributed by atoms with Gasteiger partial charge in [0, 0.05) is 6.20 Å². The van der Waals surface area contributed by atoms with Gasteiger partial charge >= 0.3 is 0 Å². The van der Waals surface area contributed by atoms with Crippen molar-refractivity contribution in [1.29, 1.82) is 0 Å². The largest absolute Gasteiger partial charge is 0.323 e. The standard InChI is InChI=1S/C16H20ClFN2O/c1-5-13(18)15(11(4)10(2)3)20-14(21)9-12-7-6-8-19-16(12)17/h5-8,10H,9H2,1-4H3,(H,20,21)/b13-5+,15-11-. The van der Waals surface area contributed by atoms with Crippen molar-refractivity contribution in [2.45, 2.75) is 34.1 Å². The molecule has 1 amide bonds. The Morgan fingerprint density at radius 1 is 1.52 bits per heavy atom. The zero-order valence-corrected chi connectivity index (χ0v) is 13.5. The van der Waals surface area contributed by atoms with E-state index in [1.54, 1.807) is 32.2 Å². The topological polar surface area (TPSA) is 42.0 Å². The summed E-state index contributed by atoms with van der Waals surface area (Å²) < 4.78 is 13.9. The van der Waals surface area contributed by atoms with E-state index < -0.39 is 5.83 Å². The van der Waals surface area contributed by atoms with Crippen molar-refractivity contribution in [1.82, 2.24) is 10.3 Å². The molecule has 3 nitrogen and oxygen atoms in total. The molecule has 1 rings (SSSR count). The van der Waals surface area contributed by atoms with Crippen LogP contribution in [-0.2, 0) is 11.2 Å². The number of carbonyl (C=O) groups excluding carboxylic acids is 1. The van der Waals surface area contributed by atoms with Crippen LogP contribution in [0.5, 0.6) is 0 Å². The highest BCUT2D eigenvalue weighted by Gasteiger charge is 2.15. The maximum Gasteiger partial charge on any atom is 0.228 e. The lowest BCUT2D eigenvalue weighted by atomic mass is 10.0. The summed E-state index contributed by atoms with van der Waals surface area (Å²) in [5.74, 6) is -0.628. The van der Waals surface area contributed by atoms with Gasteiger partial charge in [-0.15, -0.1) is 0 Å². The van der Waals surface area contributed by atoms with Gasteiger partial charge in [0.05, 0.1) is 12.1 Å². The summed E-state index contributed by atoms with van der Waals surface area (Å²) in [6.45, 7) is 7.29. The number of nitrogens with zero attached hydrogens (tertiary/aromatic N) is 1. The van der Waals surface area contributed by atoms with Gasteiger partial charge in [-0.05, 0) is 43.0 Å². The van der Waals surface area contributed by atoms with Crippen molar-refractivity contribution in [3.63, 3.8) is 0 Å². The number of hydrogen-bond donors (Lipinski definition) is 1. The summed E-state index contributed by atoms with van der Waals surface area (Å²) in [7, 11) is 0. The fourth-order valence-corrected chi connectivity index (χ4v) is 1.87. The summed E-state index contributed by atoms with van der Waals surface area (Å²) in [6, 6.07) is 3.43. The molecule has 1 aromatic rings. The van der Waals surface area contributed by atoms with Crippen molar-refractivity contribution >= 4 is 17.5 Å². The molecule has 114 valence electrons. The second kappa shape index (κ2) is 7.93. The van der Waals surface area contributed by atoms with E-state index in [0.29, 0.717) is 5.56 Å². The molecule has 0 saturated heterocycles. The minimum atomic E-state index is -0.438. The molecule has 5 heteroatoms. The average molecular weight is 311 g/mol. The second-order valence-corrected chi connectivity index (χ2v) is 5.39. The maximum absolute atomic E-state index is 13.9. The third kappa shape index (κ3) is 4.97. The van der Waals surface area contributed by atoms with Gasteiger partial charge in [0.25, 0.3) is 0 Å². The average Bonchev–Trinajstić information content (AvgIpc) is 2.45. The van der Waals surface area contributed by atoms with Crippen LogP contribution >= 0.6 is 11.6 Å². The van der Waals surface area contributed by atoms with Gasteiger partial charge in [-0.2, -0.15) is 0 Å². The predicted octanol–water partition coefficient (Wildman–Crippen LogP) is 4.20. The lowest BCUT2D eigenvalue weighted by Crippen LogP contribution is -2.26. The number of halogens is 2. The highest BCUT2D eigenvalue weighted by Crippen LogP contribution is 2.20. The van der Waals surface area contributed by atoms with Crippen LogP contribution in [0.2, 0.25) is 5.15 Å². The molecule has 0 aliphatic rings. The minimum Gasteiger partial charge on any atom is -0.323 e. The van der Waals surface area contributed by atoms with Gasteiger partial charge in [-0.1, -0.05) is 31.5 Å². The first-order valence-corrected chi connectivity index (χ1v) is 7.16. The molecule has 0 atom stereocenters. The Labute approximate surface area is 129 Å². The molecule has 1 aromatic heterocycles. The van der Waals surface area contributed by atoms with Crippen LogP contribution in [0.3, 0.4) is 0 Å². The van der Waals surface area contributed by atoms with Crippen molar-refractivity contribution in [3.05, 3.63) is 52.2 Å². The van der Waals surface area contributed by atoms with Crippen molar-refractivity contribution < 1.29 is 9.18 Å². The normalized spacial score (nSPS) is 13.2. The molecule has 0 bridgehead atoms. The molecule has 0 aliphatic carbocycles. The Morgan fingerprint density at radius 3 is 2.71 bits per heavy atom. The smallest absolute Gasteiger partial charge is 0.228 e. The number of allylic oxidation sites excluding steroid dienone is 3. The Morgan fingerprint density at radius 2 is 2.19 bits per heavy atom. The highest BCUT2D eigenvalue weighted by atomic mass is 35.5. The molecule has 1 N–H and O–H groups in total. The molecule has 0 saturated carbocycles. The van der Waals surface area contributed by atoms with Crippen LogP contribution in [0, 0.1) is 5.92 Å². The number of pyridine rings is 1. The van der Waals surface area contributed by atoms with E-state index in [2.05, 4.69) is 10.3 Å². The Hall–Kier alpha value is -1.68. The Balaban J connectivity index is 2.93. The lowest BCUT2D eigenvalue weighted by molar-refractivity contribution is -0.119. The number of aromatic nitrogens is 1. The van der Waals surface area contributed by atoms with Crippen LogP contribution in [0.1, 0.15) is 33.3 Å². The Kier molecular flexibility index (Phi) is 6.56. The summed E-state index contributed by atoms with van der Waals surface area (Å²) in [4.78, 5) is 16.0. The number of hydrogen-bond acceptors (Lipinski definition) is 2. The van der Waals surface area contributed by atoms with Gasteiger partial charge in [0.2, 0.25) is 5.91 Å². The number of rotatable bonds is 5. The summed E-state index contributed by atoms with van der Waals surface area (Å²) >= 11 is 5.92. The SMILES string of the molecule is C/C=C(F)\C(NC(=O)Cc1cccnc1Cl)=C(/C)C(C)C. The zero-order chi connectivity index (χ0) is 16.0. The van der Waals surface area contributed by atoms with Gasteiger partial charge in [0.15, 0.2) is 0 Å². The summed E-state index contributed by atoms with van der Waals surface area (Å²) in [5, 5.41) is 2.92. The third-order valence-corrected chi connectivity index (χ3v) is 3.54. The summed E-state index contributed by atoms with van der Waals surface area (Å²) in [6.07, 6.45) is 2.94. The molecule has 0 fully saturated rings. The summed E-state index contributed by atoms with van der Waals surface area (Å²) in [5.41, 5.74) is 1.63. The van der Waals surface area contributed by atoms with Gasteiger partial charge in [0.1, 0.15) is 11.0 Å². The van der Waals surface area contributed by atoms with Crippen LogP contribution in [0.4, 0.5) is 4.39 Å². The van der Waals surface area contributed by atoms with E-state index in [0.717, 1.165) is 5.57 Å². The highest BCUT2D eigenvalue weighted by molar-refractivity contribution is 6.30. The van der Waals surface area contributed by atoms with E-state index >= 15 is 0 Å². The monoisotopic (exact) mass is 310 g/mol. The number of amides is 1. The van der Waals surface area contributed by atoms with Crippen LogP contribution < -0.4 is 5.32 Å². The molecular formula is C16H20ClFN2O. The van der Waals surface area contributed by atoms with Crippen molar-refractivity contribution in [2.24, 2.45) is 5.92 Å². The third-order valence-electron chi connectivity index (χ3n) is 3.20. The van der Waals surface area contributed by atoms with E-state index in [4.69, 9.17) is 11.6 Å². The first-order chi connectivity index (χ1) is 9.86. The minimum absolute atomic E-state index is 0.0541. The maximum atomic E-state index is 13.9. The molecule has 0 unspecified atom stereocenters. The Bertz CT molecular complexity index is 579. The quantitative estimate of drug-likeness (QED) is 0.654. The second-order valence-electron chi connectivity index (χ2n) is 5.03. The molecule has 21 heavy (non-hydrogen) atoms. The zero-order valence-electron chi connectivity index (χ0n) is 12.7.